The number of alkyl halides is 3. The molecular formula is C13H16BrF3N2O. The summed E-state index contributed by atoms with van der Waals surface area (Å²) in [5, 5.41) is 2.48. The summed E-state index contributed by atoms with van der Waals surface area (Å²) >= 11 is 3.12. The van der Waals surface area contributed by atoms with Gasteiger partial charge in [0.05, 0.1) is 11.3 Å². The molecule has 0 saturated carbocycles. The molecule has 0 aliphatic rings. The summed E-state index contributed by atoms with van der Waals surface area (Å²) in [4.78, 5) is 11.6. The van der Waals surface area contributed by atoms with Crippen LogP contribution in [0.2, 0.25) is 0 Å². The van der Waals surface area contributed by atoms with Crippen molar-refractivity contribution in [1.29, 1.82) is 0 Å². The summed E-state index contributed by atoms with van der Waals surface area (Å²) in [6.45, 7) is 0.570. The van der Waals surface area contributed by atoms with Gasteiger partial charge in [-0.05, 0) is 53.5 Å². The Morgan fingerprint density at radius 2 is 1.95 bits per heavy atom. The molecule has 0 spiro atoms. The summed E-state index contributed by atoms with van der Waals surface area (Å²) in [5.41, 5.74) is 4.67. The van der Waals surface area contributed by atoms with Crippen LogP contribution in [0.1, 0.15) is 31.2 Å². The molecule has 0 fully saturated rings. The highest BCUT2D eigenvalue weighted by atomic mass is 79.9. The van der Waals surface area contributed by atoms with Crippen molar-refractivity contribution in [3.05, 3.63) is 28.2 Å². The van der Waals surface area contributed by atoms with Gasteiger partial charge >= 0.3 is 6.18 Å². The standard InChI is InChI=1S/C13H16BrF3N2O/c14-10-6-5-9(13(15,16)17)8-11(10)19-12(20)4-2-1-3-7-18/h5-6,8H,1-4,7,18H2,(H,19,20). The second-order valence-electron chi connectivity index (χ2n) is 4.34. The van der Waals surface area contributed by atoms with Crippen molar-refractivity contribution in [3.63, 3.8) is 0 Å². The van der Waals surface area contributed by atoms with Crippen molar-refractivity contribution in [2.24, 2.45) is 5.73 Å². The highest BCUT2D eigenvalue weighted by Gasteiger charge is 2.31. The number of hydrogen-bond acceptors (Lipinski definition) is 2. The number of amides is 1. The minimum Gasteiger partial charge on any atom is -0.330 e. The maximum atomic E-state index is 12.6. The number of unbranched alkanes of at least 4 members (excludes halogenated alkanes) is 2. The highest BCUT2D eigenvalue weighted by Crippen LogP contribution is 2.34. The monoisotopic (exact) mass is 352 g/mol. The number of rotatable bonds is 6. The zero-order chi connectivity index (χ0) is 15.2. The Morgan fingerprint density at radius 1 is 1.25 bits per heavy atom. The Kier molecular flexibility index (Phi) is 6.48. The largest absolute Gasteiger partial charge is 0.416 e. The predicted octanol–water partition coefficient (Wildman–Crippen LogP) is 3.93. The minimum absolute atomic E-state index is 0.128. The first-order chi connectivity index (χ1) is 9.34. The molecule has 3 nitrogen and oxygen atoms in total. The molecule has 1 aromatic carbocycles. The second kappa shape index (κ2) is 7.64. The van der Waals surface area contributed by atoms with E-state index < -0.39 is 11.7 Å². The van der Waals surface area contributed by atoms with Crippen LogP contribution in [0.15, 0.2) is 22.7 Å². The first kappa shape index (κ1) is 17.0. The molecule has 1 amide bonds. The third-order valence-electron chi connectivity index (χ3n) is 2.68. The summed E-state index contributed by atoms with van der Waals surface area (Å²) < 4.78 is 38.2. The Morgan fingerprint density at radius 3 is 2.55 bits per heavy atom. The molecule has 3 N–H and O–H groups in total. The van der Waals surface area contributed by atoms with Gasteiger partial charge in [0, 0.05) is 10.9 Å². The number of carbonyl (C=O) groups is 1. The van der Waals surface area contributed by atoms with E-state index in [9.17, 15) is 18.0 Å². The lowest BCUT2D eigenvalue weighted by atomic mass is 10.1. The van der Waals surface area contributed by atoms with E-state index in [2.05, 4.69) is 21.2 Å². The molecule has 0 aromatic heterocycles. The molecule has 1 rings (SSSR count). The summed E-state index contributed by atoms with van der Waals surface area (Å²) in [5.74, 6) is -0.304. The van der Waals surface area contributed by atoms with Crippen LogP contribution in [0.3, 0.4) is 0 Å². The van der Waals surface area contributed by atoms with Gasteiger partial charge in [-0.25, -0.2) is 0 Å². The molecule has 112 valence electrons. The van der Waals surface area contributed by atoms with Gasteiger partial charge in [-0.1, -0.05) is 6.42 Å². The molecule has 0 aliphatic heterocycles. The lowest BCUT2D eigenvalue weighted by Crippen LogP contribution is -2.13. The van der Waals surface area contributed by atoms with Crippen LogP contribution in [-0.4, -0.2) is 12.5 Å². The van der Waals surface area contributed by atoms with Gasteiger partial charge in [0.25, 0.3) is 0 Å². The number of benzene rings is 1. The number of nitrogens with two attached hydrogens (primary N) is 1. The number of hydrogen-bond donors (Lipinski definition) is 2. The highest BCUT2D eigenvalue weighted by molar-refractivity contribution is 9.10. The number of carbonyl (C=O) groups excluding carboxylic acids is 1. The van der Waals surface area contributed by atoms with Gasteiger partial charge in [0.2, 0.25) is 5.91 Å². The predicted molar refractivity (Wildman–Crippen MR) is 75.3 cm³/mol. The van der Waals surface area contributed by atoms with E-state index >= 15 is 0 Å². The Hall–Kier alpha value is -1.08. The number of anilines is 1. The SMILES string of the molecule is NCCCCCC(=O)Nc1cc(C(F)(F)F)ccc1Br. The molecule has 0 saturated heterocycles. The molecule has 20 heavy (non-hydrogen) atoms. The van der Waals surface area contributed by atoms with E-state index in [1.165, 1.54) is 6.07 Å². The average Bonchev–Trinajstić information content (AvgIpc) is 2.36. The van der Waals surface area contributed by atoms with Gasteiger partial charge in [-0.3, -0.25) is 4.79 Å². The smallest absolute Gasteiger partial charge is 0.330 e. The lowest BCUT2D eigenvalue weighted by Gasteiger charge is -2.11. The summed E-state index contributed by atoms with van der Waals surface area (Å²) in [7, 11) is 0. The van der Waals surface area contributed by atoms with E-state index in [1.54, 1.807) is 0 Å². The molecule has 0 aliphatic carbocycles. The third-order valence-corrected chi connectivity index (χ3v) is 3.37. The Bertz CT molecular complexity index is 463. The van der Waals surface area contributed by atoms with Crippen LogP contribution >= 0.6 is 15.9 Å². The van der Waals surface area contributed by atoms with Crippen LogP contribution in [-0.2, 0) is 11.0 Å². The van der Waals surface area contributed by atoms with Crippen molar-refractivity contribution in [1.82, 2.24) is 0 Å². The van der Waals surface area contributed by atoms with Crippen molar-refractivity contribution in [2.75, 3.05) is 11.9 Å². The summed E-state index contributed by atoms with van der Waals surface area (Å²) in [6, 6.07) is 3.15. The van der Waals surface area contributed by atoms with Crippen molar-refractivity contribution in [2.45, 2.75) is 31.9 Å². The van der Waals surface area contributed by atoms with E-state index in [4.69, 9.17) is 5.73 Å². The topological polar surface area (TPSA) is 55.1 Å². The van der Waals surface area contributed by atoms with E-state index in [-0.39, 0.29) is 18.0 Å². The zero-order valence-corrected chi connectivity index (χ0v) is 12.4. The molecule has 0 heterocycles. The molecular weight excluding hydrogens is 337 g/mol. The van der Waals surface area contributed by atoms with Crippen LogP contribution in [0, 0.1) is 0 Å². The van der Waals surface area contributed by atoms with Crippen LogP contribution < -0.4 is 11.1 Å². The van der Waals surface area contributed by atoms with E-state index in [0.717, 1.165) is 25.0 Å². The van der Waals surface area contributed by atoms with Crippen molar-refractivity contribution < 1.29 is 18.0 Å². The van der Waals surface area contributed by atoms with Crippen LogP contribution in [0.4, 0.5) is 18.9 Å². The van der Waals surface area contributed by atoms with Gasteiger partial charge in [-0.15, -0.1) is 0 Å². The van der Waals surface area contributed by atoms with Crippen LogP contribution in [0.25, 0.3) is 0 Å². The zero-order valence-electron chi connectivity index (χ0n) is 10.8. The lowest BCUT2D eigenvalue weighted by molar-refractivity contribution is -0.137. The first-order valence-corrected chi connectivity index (χ1v) is 7.00. The van der Waals surface area contributed by atoms with Crippen molar-refractivity contribution in [3.8, 4) is 0 Å². The maximum absolute atomic E-state index is 12.6. The Balaban J connectivity index is 2.65. The summed E-state index contributed by atoms with van der Waals surface area (Å²) in [6.07, 6.45) is -1.84. The Labute approximate surface area is 123 Å². The molecule has 0 radical (unpaired) electrons. The van der Waals surface area contributed by atoms with Gasteiger partial charge in [0.15, 0.2) is 0 Å². The normalized spacial score (nSPS) is 11.4. The minimum atomic E-state index is -4.43. The molecule has 7 heteroatoms. The average molecular weight is 353 g/mol. The van der Waals surface area contributed by atoms with Crippen molar-refractivity contribution >= 4 is 27.5 Å². The van der Waals surface area contributed by atoms with Crippen LogP contribution in [0.5, 0.6) is 0 Å². The van der Waals surface area contributed by atoms with Gasteiger partial charge in [0.1, 0.15) is 0 Å². The molecule has 0 atom stereocenters. The second-order valence-corrected chi connectivity index (χ2v) is 5.19. The van der Waals surface area contributed by atoms with E-state index in [1.807, 2.05) is 0 Å². The molecule has 0 bridgehead atoms. The molecule has 0 unspecified atom stereocenters. The fourth-order valence-electron chi connectivity index (χ4n) is 1.62. The fraction of sp³-hybridized carbons (Fsp3) is 0.462. The number of nitrogens with one attached hydrogen (secondary N) is 1. The van der Waals surface area contributed by atoms with Gasteiger partial charge < -0.3 is 11.1 Å². The fourth-order valence-corrected chi connectivity index (χ4v) is 1.96. The van der Waals surface area contributed by atoms with Gasteiger partial charge in [-0.2, -0.15) is 13.2 Å². The maximum Gasteiger partial charge on any atom is 0.416 e. The third kappa shape index (κ3) is 5.50. The number of halogens is 4. The first-order valence-electron chi connectivity index (χ1n) is 6.21. The molecule has 1 aromatic rings. The quantitative estimate of drug-likeness (QED) is 0.762. The van der Waals surface area contributed by atoms with E-state index in [0.29, 0.717) is 17.4 Å².